The third-order valence-corrected chi connectivity index (χ3v) is 2.25. The first-order valence-electron chi connectivity index (χ1n) is 6.13. The second-order valence-electron chi connectivity index (χ2n) is 5.35. The number of Topliss-reactive ketones (excluding diaryl/α,β-unsaturated/α-hetero) is 1. The molecule has 0 atom stereocenters. The molecule has 0 aromatic heterocycles. The minimum absolute atomic E-state index is 0.309. The molecule has 0 amide bonds. The third-order valence-electron chi connectivity index (χ3n) is 2.25. The highest BCUT2D eigenvalue weighted by Gasteiger charge is 2.09. The number of hydrogen-bond donors (Lipinski definition) is 0. The van der Waals surface area contributed by atoms with Gasteiger partial charge in [0.1, 0.15) is 5.78 Å². The first-order valence-corrected chi connectivity index (χ1v) is 6.13. The average molecular weight is 213 g/mol. The van der Waals surface area contributed by atoms with Crippen LogP contribution in [0.5, 0.6) is 0 Å². The summed E-state index contributed by atoms with van der Waals surface area (Å²) in [6.45, 7) is 14.0. The van der Waals surface area contributed by atoms with E-state index in [2.05, 4.69) is 32.6 Å². The van der Waals surface area contributed by atoms with Gasteiger partial charge in [0.25, 0.3) is 0 Å². The molecule has 0 aromatic carbocycles. The lowest BCUT2D eigenvalue weighted by Crippen LogP contribution is -2.32. The van der Waals surface area contributed by atoms with Gasteiger partial charge in [-0.05, 0) is 31.7 Å². The van der Waals surface area contributed by atoms with Gasteiger partial charge in [-0.25, -0.2) is 0 Å². The lowest BCUT2D eigenvalue weighted by molar-refractivity contribution is -0.117. The van der Waals surface area contributed by atoms with Gasteiger partial charge < -0.3 is 9.69 Å². The molecule has 0 rings (SSSR count). The van der Waals surface area contributed by atoms with Crippen molar-refractivity contribution in [2.75, 3.05) is 19.6 Å². The van der Waals surface area contributed by atoms with Crippen LogP contribution in [0.15, 0.2) is 0 Å². The Balaban J connectivity index is 3.84. The number of nitrogens with zero attached hydrogens (tertiary/aromatic N) is 1. The van der Waals surface area contributed by atoms with Crippen molar-refractivity contribution >= 4 is 5.78 Å². The quantitative estimate of drug-likeness (QED) is 0.618. The normalized spacial score (nSPS) is 11.7. The maximum absolute atomic E-state index is 10.9. The van der Waals surface area contributed by atoms with Crippen LogP contribution in [0, 0.1) is 11.8 Å². The van der Waals surface area contributed by atoms with Crippen LogP contribution in [0.3, 0.4) is 0 Å². The fourth-order valence-corrected chi connectivity index (χ4v) is 1.84. The number of carbonyl (C=O) groups is 1. The molecule has 15 heavy (non-hydrogen) atoms. The fraction of sp³-hybridized carbons (Fsp3) is 0.923. The summed E-state index contributed by atoms with van der Waals surface area (Å²) in [5.41, 5.74) is 0. The summed E-state index contributed by atoms with van der Waals surface area (Å²) in [5.74, 6) is 1.73. The van der Waals surface area contributed by atoms with Gasteiger partial charge in [-0.2, -0.15) is 0 Å². The Hall–Kier alpha value is -0.370. The topological polar surface area (TPSA) is 20.3 Å². The summed E-state index contributed by atoms with van der Waals surface area (Å²) >= 11 is 0. The lowest BCUT2D eigenvalue weighted by atomic mass is 10.1. The highest BCUT2D eigenvalue weighted by molar-refractivity contribution is 5.75. The molecule has 0 aromatic rings. The van der Waals surface area contributed by atoms with Crippen LogP contribution in [-0.2, 0) is 4.79 Å². The van der Waals surface area contributed by atoms with E-state index in [0.717, 1.165) is 32.5 Å². The van der Waals surface area contributed by atoms with E-state index in [1.165, 1.54) is 0 Å². The maximum Gasteiger partial charge on any atom is 0.129 e. The molecule has 0 spiro atoms. The van der Waals surface area contributed by atoms with Crippen LogP contribution < -0.4 is 0 Å². The third kappa shape index (κ3) is 9.92. The number of rotatable bonds is 8. The van der Waals surface area contributed by atoms with E-state index in [9.17, 15) is 4.79 Å². The van der Waals surface area contributed by atoms with Gasteiger partial charge in [0.05, 0.1) is 0 Å². The Morgan fingerprint density at radius 2 is 1.53 bits per heavy atom. The van der Waals surface area contributed by atoms with Crippen molar-refractivity contribution in [1.29, 1.82) is 0 Å². The summed E-state index contributed by atoms with van der Waals surface area (Å²) in [6, 6.07) is 0. The molecule has 0 aliphatic heterocycles. The minimum atomic E-state index is 0.309. The van der Waals surface area contributed by atoms with Crippen LogP contribution in [-0.4, -0.2) is 30.3 Å². The second-order valence-corrected chi connectivity index (χ2v) is 5.35. The smallest absolute Gasteiger partial charge is 0.129 e. The summed E-state index contributed by atoms with van der Waals surface area (Å²) < 4.78 is 0. The summed E-state index contributed by atoms with van der Waals surface area (Å²) in [5, 5.41) is 0. The Bertz CT molecular complexity index is 165. The van der Waals surface area contributed by atoms with Gasteiger partial charge in [-0.15, -0.1) is 0 Å². The standard InChI is InChI=1S/C13H27NO/c1-11(2)9-14(10-12(3)4)8-6-7-13(5)15/h11-12H,6-10H2,1-5H3. The van der Waals surface area contributed by atoms with Crippen molar-refractivity contribution in [2.45, 2.75) is 47.5 Å². The first kappa shape index (κ1) is 14.6. The van der Waals surface area contributed by atoms with E-state index in [1.807, 2.05) is 0 Å². The van der Waals surface area contributed by atoms with E-state index < -0.39 is 0 Å². The van der Waals surface area contributed by atoms with Crippen molar-refractivity contribution in [1.82, 2.24) is 4.90 Å². The lowest BCUT2D eigenvalue weighted by Gasteiger charge is -2.25. The maximum atomic E-state index is 10.9. The predicted octanol–water partition coefficient (Wildman–Crippen LogP) is 2.97. The van der Waals surface area contributed by atoms with Gasteiger partial charge >= 0.3 is 0 Å². The highest BCUT2D eigenvalue weighted by Crippen LogP contribution is 2.05. The molecule has 0 heterocycles. The van der Waals surface area contributed by atoms with Gasteiger partial charge in [0, 0.05) is 19.5 Å². The molecule has 0 unspecified atom stereocenters. The van der Waals surface area contributed by atoms with Gasteiger partial charge in [-0.1, -0.05) is 27.7 Å². The van der Waals surface area contributed by atoms with Crippen LogP contribution in [0.1, 0.15) is 47.5 Å². The minimum Gasteiger partial charge on any atom is -0.303 e. The van der Waals surface area contributed by atoms with Crippen molar-refractivity contribution in [3.8, 4) is 0 Å². The molecule has 2 nitrogen and oxygen atoms in total. The van der Waals surface area contributed by atoms with Gasteiger partial charge in [-0.3, -0.25) is 0 Å². The molecule has 0 radical (unpaired) electrons. The van der Waals surface area contributed by atoms with Crippen molar-refractivity contribution in [2.24, 2.45) is 11.8 Å². The highest BCUT2D eigenvalue weighted by atomic mass is 16.1. The number of hydrogen-bond acceptors (Lipinski definition) is 2. The summed E-state index contributed by atoms with van der Waals surface area (Å²) in [4.78, 5) is 13.3. The van der Waals surface area contributed by atoms with Gasteiger partial charge in [0.2, 0.25) is 0 Å². The Morgan fingerprint density at radius 1 is 1.07 bits per heavy atom. The molecule has 0 aliphatic carbocycles. The molecule has 0 aliphatic rings. The molecular formula is C13H27NO. The molecule has 0 N–H and O–H groups in total. The zero-order valence-electron chi connectivity index (χ0n) is 11.0. The van der Waals surface area contributed by atoms with Crippen molar-refractivity contribution in [3.05, 3.63) is 0 Å². The molecule has 0 saturated heterocycles. The Labute approximate surface area is 95.0 Å². The van der Waals surface area contributed by atoms with Crippen molar-refractivity contribution < 1.29 is 4.79 Å². The van der Waals surface area contributed by atoms with E-state index in [-0.39, 0.29) is 0 Å². The van der Waals surface area contributed by atoms with Crippen LogP contribution in [0.4, 0.5) is 0 Å². The van der Waals surface area contributed by atoms with E-state index in [0.29, 0.717) is 17.6 Å². The van der Waals surface area contributed by atoms with Crippen molar-refractivity contribution in [3.63, 3.8) is 0 Å². The molecule has 0 fully saturated rings. The predicted molar refractivity (Wildman–Crippen MR) is 66.0 cm³/mol. The summed E-state index contributed by atoms with van der Waals surface area (Å²) in [7, 11) is 0. The fourth-order valence-electron chi connectivity index (χ4n) is 1.84. The van der Waals surface area contributed by atoms with Crippen LogP contribution in [0.25, 0.3) is 0 Å². The average Bonchev–Trinajstić information content (AvgIpc) is 2.00. The SMILES string of the molecule is CC(=O)CCCN(CC(C)C)CC(C)C. The zero-order valence-corrected chi connectivity index (χ0v) is 11.0. The largest absolute Gasteiger partial charge is 0.303 e. The van der Waals surface area contributed by atoms with E-state index in [1.54, 1.807) is 6.92 Å². The first-order chi connectivity index (χ1) is 6.91. The number of ketones is 1. The van der Waals surface area contributed by atoms with Crippen LogP contribution in [0.2, 0.25) is 0 Å². The van der Waals surface area contributed by atoms with Gasteiger partial charge in [0.15, 0.2) is 0 Å². The van der Waals surface area contributed by atoms with E-state index >= 15 is 0 Å². The number of carbonyl (C=O) groups excluding carboxylic acids is 1. The zero-order chi connectivity index (χ0) is 11.8. The molecule has 2 heteroatoms. The second kappa shape index (κ2) is 7.86. The Morgan fingerprint density at radius 3 is 1.87 bits per heavy atom. The summed E-state index contributed by atoms with van der Waals surface area (Å²) in [6.07, 6.45) is 1.74. The molecular weight excluding hydrogens is 186 g/mol. The molecule has 0 bridgehead atoms. The monoisotopic (exact) mass is 213 g/mol. The molecule has 0 saturated carbocycles. The molecule has 90 valence electrons. The van der Waals surface area contributed by atoms with Crippen LogP contribution >= 0.6 is 0 Å². The van der Waals surface area contributed by atoms with E-state index in [4.69, 9.17) is 0 Å². The Kier molecular flexibility index (Phi) is 7.67.